The van der Waals surface area contributed by atoms with Gasteiger partial charge in [-0.15, -0.1) is 0 Å². The number of carbonyl (C=O) groups is 1. The number of hydrogen-bond donors (Lipinski definition) is 1. The Bertz CT molecular complexity index is 728. The van der Waals surface area contributed by atoms with E-state index in [2.05, 4.69) is 0 Å². The van der Waals surface area contributed by atoms with Crippen molar-refractivity contribution in [1.82, 2.24) is 0 Å². The summed E-state index contributed by atoms with van der Waals surface area (Å²) >= 11 is 0. The van der Waals surface area contributed by atoms with Crippen molar-refractivity contribution < 1.29 is 19.1 Å². The second kappa shape index (κ2) is 4.12. The van der Waals surface area contributed by atoms with Crippen LogP contribution in [0.5, 0.6) is 5.75 Å². The predicted molar refractivity (Wildman–Crippen MR) is 67.2 cm³/mol. The molecule has 2 aromatic rings. The minimum Gasteiger partial charge on any atom is -0.508 e. The Morgan fingerprint density at radius 3 is 3.00 bits per heavy atom. The Balaban J connectivity index is 2.27. The van der Waals surface area contributed by atoms with Crippen LogP contribution >= 0.6 is 0 Å². The molecule has 0 saturated carbocycles. The third-order valence-corrected chi connectivity index (χ3v) is 3.48. The molecule has 19 heavy (non-hydrogen) atoms. The van der Waals surface area contributed by atoms with Gasteiger partial charge in [0.15, 0.2) is 5.43 Å². The third-order valence-electron chi connectivity index (χ3n) is 3.48. The van der Waals surface area contributed by atoms with E-state index in [1.807, 2.05) is 0 Å². The second-order valence-electron chi connectivity index (χ2n) is 4.57. The summed E-state index contributed by atoms with van der Waals surface area (Å²) in [5.74, 6) is -0.483. The van der Waals surface area contributed by atoms with Crippen molar-refractivity contribution in [2.24, 2.45) is 0 Å². The highest BCUT2D eigenvalue weighted by Gasteiger charge is 2.34. The molecular formula is C14H12O5. The van der Waals surface area contributed by atoms with Gasteiger partial charge in [0.2, 0.25) is 0 Å². The molecule has 1 heterocycles. The summed E-state index contributed by atoms with van der Waals surface area (Å²) < 4.78 is 10.4. The van der Waals surface area contributed by atoms with Gasteiger partial charge in [-0.2, -0.15) is 0 Å². The number of rotatable bonds is 1. The van der Waals surface area contributed by atoms with Gasteiger partial charge in [-0.3, -0.25) is 9.59 Å². The average Bonchev–Trinajstić information content (AvgIpc) is 2.83. The highest BCUT2D eigenvalue weighted by molar-refractivity contribution is 5.82. The van der Waals surface area contributed by atoms with E-state index in [4.69, 9.17) is 9.15 Å². The third kappa shape index (κ3) is 1.69. The van der Waals surface area contributed by atoms with Gasteiger partial charge in [-0.25, -0.2) is 0 Å². The summed E-state index contributed by atoms with van der Waals surface area (Å²) in [7, 11) is 1.32. The van der Waals surface area contributed by atoms with Gasteiger partial charge in [0.25, 0.3) is 0 Å². The average molecular weight is 260 g/mol. The topological polar surface area (TPSA) is 76.7 Å². The molecule has 1 aliphatic rings. The molecule has 0 aliphatic heterocycles. The summed E-state index contributed by atoms with van der Waals surface area (Å²) in [6, 6.07) is 4.35. The van der Waals surface area contributed by atoms with Crippen LogP contribution in [0.3, 0.4) is 0 Å². The van der Waals surface area contributed by atoms with Crippen LogP contribution in [0, 0.1) is 0 Å². The first-order valence-electron chi connectivity index (χ1n) is 5.98. The summed E-state index contributed by atoms with van der Waals surface area (Å²) in [6.45, 7) is 0. The van der Waals surface area contributed by atoms with Gasteiger partial charge in [0.1, 0.15) is 23.0 Å². The van der Waals surface area contributed by atoms with E-state index in [0.29, 0.717) is 35.1 Å². The lowest BCUT2D eigenvalue weighted by Crippen LogP contribution is -2.13. The Labute approximate surface area is 108 Å². The first-order valence-corrected chi connectivity index (χ1v) is 5.98. The van der Waals surface area contributed by atoms with Crippen molar-refractivity contribution >= 4 is 16.9 Å². The van der Waals surface area contributed by atoms with Crippen LogP contribution in [-0.2, 0) is 16.0 Å². The number of ether oxygens (including phenoxy) is 1. The molecule has 0 radical (unpaired) electrons. The van der Waals surface area contributed by atoms with Crippen LogP contribution in [-0.4, -0.2) is 18.2 Å². The number of phenols is 1. The quantitative estimate of drug-likeness (QED) is 0.790. The largest absolute Gasteiger partial charge is 0.508 e. The van der Waals surface area contributed by atoms with Crippen molar-refractivity contribution in [3.05, 3.63) is 39.7 Å². The standard InChI is InChI=1S/C14H12O5/c1-18-14(17)9-4-3-8-12(16)10-6-7(15)2-5-11(10)19-13(8)9/h2,5-6,9,15H,3-4H2,1H3/t9-/m0/s1. The Kier molecular flexibility index (Phi) is 2.55. The second-order valence-corrected chi connectivity index (χ2v) is 4.57. The van der Waals surface area contributed by atoms with E-state index in [9.17, 15) is 14.7 Å². The van der Waals surface area contributed by atoms with Gasteiger partial charge < -0.3 is 14.3 Å². The maximum atomic E-state index is 12.3. The normalized spacial score (nSPS) is 17.4. The van der Waals surface area contributed by atoms with Crippen LogP contribution < -0.4 is 5.43 Å². The Morgan fingerprint density at radius 1 is 1.47 bits per heavy atom. The lowest BCUT2D eigenvalue weighted by Gasteiger charge is -2.08. The molecule has 5 heteroatoms. The van der Waals surface area contributed by atoms with Gasteiger partial charge in [-0.1, -0.05) is 0 Å². The molecule has 0 spiro atoms. The molecule has 0 fully saturated rings. The lowest BCUT2D eigenvalue weighted by molar-refractivity contribution is -0.142. The first-order chi connectivity index (χ1) is 9.11. The highest BCUT2D eigenvalue weighted by atomic mass is 16.5. The summed E-state index contributed by atoms with van der Waals surface area (Å²) in [4.78, 5) is 24.0. The molecule has 98 valence electrons. The minimum absolute atomic E-state index is 0.0160. The van der Waals surface area contributed by atoms with E-state index in [1.54, 1.807) is 0 Å². The number of fused-ring (bicyclic) bond motifs is 2. The Hall–Kier alpha value is -2.30. The van der Waals surface area contributed by atoms with Crippen LogP contribution in [0.1, 0.15) is 23.7 Å². The molecule has 0 saturated heterocycles. The van der Waals surface area contributed by atoms with E-state index >= 15 is 0 Å². The van der Waals surface area contributed by atoms with E-state index < -0.39 is 5.92 Å². The predicted octanol–water partition coefficient (Wildman–Crippen LogP) is 1.70. The number of aromatic hydroxyl groups is 1. The molecule has 0 amide bonds. The summed E-state index contributed by atoms with van der Waals surface area (Å²) in [6.07, 6.45) is 1.01. The molecule has 0 bridgehead atoms. The monoisotopic (exact) mass is 260 g/mol. The molecule has 1 aromatic carbocycles. The van der Waals surface area contributed by atoms with Gasteiger partial charge in [-0.05, 0) is 31.0 Å². The van der Waals surface area contributed by atoms with E-state index in [1.165, 1.54) is 25.3 Å². The number of esters is 1. The molecule has 1 N–H and O–H groups in total. The zero-order chi connectivity index (χ0) is 13.6. The maximum absolute atomic E-state index is 12.3. The van der Waals surface area contributed by atoms with E-state index in [-0.39, 0.29) is 17.1 Å². The van der Waals surface area contributed by atoms with Crippen molar-refractivity contribution in [2.75, 3.05) is 7.11 Å². The maximum Gasteiger partial charge on any atom is 0.316 e. The SMILES string of the molecule is COC(=O)[C@H]1CCc2c1oc1ccc(O)cc1c2=O. The fraction of sp³-hybridized carbons (Fsp3) is 0.286. The van der Waals surface area contributed by atoms with Gasteiger partial charge in [0.05, 0.1) is 12.5 Å². The number of hydrogen-bond acceptors (Lipinski definition) is 5. The summed E-state index contributed by atoms with van der Waals surface area (Å²) in [5, 5.41) is 9.76. The number of carbonyl (C=O) groups excluding carboxylic acids is 1. The fourth-order valence-corrected chi connectivity index (χ4v) is 2.54. The van der Waals surface area contributed by atoms with E-state index in [0.717, 1.165) is 0 Å². The van der Waals surface area contributed by atoms with Crippen LogP contribution in [0.25, 0.3) is 11.0 Å². The fourth-order valence-electron chi connectivity index (χ4n) is 2.54. The lowest BCUT2D eigenvalue weighted by atomic mass is 10.1. The zero-order valence-corrected chi connectivity index (χ0v) is 10.3. The zero-order valence-electron chi connectivity index (χ0n) is 10.3. The van der Waals surface area contributed by atoms with Crippen molar-refractivity contribution in [2.45, 2.75) is 18.8 Å². The molecule has 3 rings (SSSR count). The molecule has 1 atom stereocenters. The van der Waals surface area contributed by atoms with Crippen LogP contribution in [0.4, 0.5) is 0 Å². The highest BCUT2D eigenvalue weighted by Crippen LogP contribution is 2.34. The summed E-state index contributed by atoms with van der Waals surface area (Å²) in [5.41, 5.74) is 0.699. The van der Waals surface area contributed by atoms with Crippen LogP contribution in [0.2, 0.25) is 0 Å². The molecular weight excluding hydrogens is 248 g/mol. The molecule has 5 nitrogen and oxygen atoms in total. The van der Waals surface area contributed by atoms with Gasteiger partial charge >= 0.3 is 5.97 Å². The van der Waals surface area contributed by atoms with Gasteiger partial charge in [0, 0.05) is 5.56 Å². The smallest absolute Gasteiger partial charge is 0.316 e. The van der Waals surface area contributed by atoms with Crippen molar-refractivity contribution in [1.29, 1.82) is 0 Å². The number of phenolic OH excluding ortho intramolecular Hbond substituents is 1. The number of benzene rings is 1. The molecule has 1 aromatic heterocycles. The molecule has 0 unspecified atom stereocenters. The van der Waals surface area contributed by atoms with Crippen molar-refractivity contribution in [3.63, 3.8) is 0 Å². The molecule has 1 aliphatic carbocycles. The number of methoxy groups -OCH3 is 1. The van der Waals surface area contributed by atoms with Crippen LogP contribution in [0.15, 0.2) is 27.4 Å². The van der Waals surface area contributed by atoms with Crippen molar-refractivity contribution in [3.8, 4) is 5.75 Å². The first kappa shape index (κ1) is 11.8. The Morgan fingerprint density at radius 2 is 2.26 bits per heavy atom. The minimum atomic E-state index is -0.508.